The van der Waals surface area contributed by atoms with Gasteiger partial charge in [0.25, 0.3) is 5.91 Å². The van der Waals surface area contributed by atoms with Crippen LogP contribution in [-0.2, 0) is 4.79 Å². The van der Waals surface area contributed by atoms with E-state index in [1.807, 2.05) is 14.1 Å². The number of Topliss-reactive ketones (excluding diaryl/α,β-unsaturated/α-hetero) is 1. The molecule has 25 heavy (non-hydrogen) atoms. The van der Waals surface area contributed by atoms with Gasteiger partial charge in [-0.2, -0.15) is 0 Å². The van der Waals surface area contributed by atoms with Crippen molar-refractivity contribution in [3.05, 3.63) is 59.6 Å². The first kappa shape index (κ1) is 17.0. The first-order valence-electron chi connectivity index (χ1n) is 8.15. The van der Waals surface area contributed by atoms with Gasteiger partial charge in [-0.25, -0.2) is 0 Å². The number of hydrogen-bond donors (Lipinski definition) is 2. The maximum atomic E-state index is 12.8. The standard InChI is InChI=1S/C18H20N2O5/c1-19(2)8-5-9-20-15(12-6-3-10-24-12)14(17(22)18(20)23)16(21)13-7-4-11-25-13/h3-4,6-7,10-11,15,22H,5,8-9H2,1-2H3/p+1/t15-/m1/s1. The molecular formula is C18H21N2O5+. The van der Waals surface area contributed by atoms with Crippen LogP contribution < -0.4 is 4.90 Å². The third kappa shape index (κ3) is 3.23. The summed E-state index contributed by atoms with van der Waals surface area (Å²) in [4.78, 5) is 28.1. The zero-order chi connectivity index (χ0) is 18.0. The minimum atomic E-state index is -0.753. The van der Waals surface area contributed by atoms with Gasteiger partial charge >= 0.3 is 0 Å². The predicted octanol–water partition coefficient (Wildman–Crippen LogP) is 0.986. The normalized spacial score (nSPS) is 17.8. The van der Waals surface area contributed by atoms with Crippen molar-refractivity contribution >= 4 is 11.7 Å². The van der Waals surface area contributed by atoms with E-state index in [0.717, 1.165) is 13.0 Å². The van der Waals surface area contributed by atoms with E-state index >= 15 is 0 Å². The van der Waals surface area contributed by atoms with Gasteiger partial charge in [-0.05, 0) is 24.3 Å². The lowest BCUT2D eigenvalue weighted by Gasteiger charge is -2.24. The van der Waals surface area contributed by atoms with Gasteiger partial charge < -0.3 is 23.7 Å². The monoisotopic (exact) mass is 345 g/mol. The molecule has 0 aliphatic carbocycles. The molecule has 0 bridgehead atoms. The van der Waals surface area contributed by atoms with Crippen molar-refractivity contribution in [1.29, 1.82) is 0 Å². The number of carbonyl (C=O) groups is 2. The SMILES string of the molecule is C[NH+](C)CCCN1C(=O)C(O)=C(C(=O)c2ccco2)[C@H]1c1ccco1. The summed E-state index contributed by atoms with van der Waals surface area (Å²) in [5.74, 6) is -1.11. The van der Waals surface area contributed by atoms with E-state index in [2.05, 4.69) is 0 Å². The zero-order valence-electron chi connectivity index (χ0n) is 14.2. The van der Waals surface area contributed by atoms with Crippen molar-refractivity contribution in [3.63, 3.8) is 0 Å². The van der Waals surface area contributed by atoms with Gasteiger partial charge in [-0.1, -0.05) is 0 Å². The molecule has 1 atom stereocenters. The summed E-state index contributed by atoms with van der Waals surface area (Å²) in [6.07, 6.45) is 3.59. The Morgan fingerprint density at radius 2 is 1.96 bits per heavy atom. The number of ketones is 1. The topological polar surface area (TPSA) is 88.3 Å². The van der Waals surface area contributed by atoms with E-state index in [1.54, 1.807) is 18.2 Å². The average Bonchev–Trinajstić information content (AvgIpc) is 3.31. The van der Waals surface area contributed by atoms with E-state index in [-0.39, 0.29) is 11.3 Å². The van der Waals surface area contributed by atoms with Crippen molar-refractivity contribution in [2.24, 2.45) is 0 Å². The summed E-state index contributed by atoms with van der Waals surface area (Å²) in [6, 6.07) is 5.71. The Bertz CT molecular complexity index is 775. The number of carbonyl (C=O) groups excluding carboxylic acids is 2. The van der Waals surface area contributed by atoms with Crippen molar-refractivity contribution in [2.75, 3.05) is 27.2 Å². The summed E-state index contributed by atoms with van der Waals surface area (Å²) in [5, 5.41) is 10.4. The lowest BCUT2D eigenvalue weighted by molar-refractivity contribution is -0.858. The van der Waals surface area contributed by atoms with Crippen molar-refractivity contribution in [2.45, 2.75) is 12.5 Å². The molecule has 2 aromatic heterocycles. The summed E-state index contributed by atoms with van der Waals surface area (Å²) >= 11 is 0. The molecule has 0 radical (unpaired) electrons. The highest BCUT2D eigenvalue weighted by atomic mass is 16.3. The highest BCUT2D eigenvalue weighted by molar-refractivity contribution is 6.14. The minimum absolute atomic E-state index is 0.00731. The van der Waals surface area contributed by atoms with Gasteiger partial charge in [0.15, 0.2) is 11.5 Å². The van der Waals surface area contributed by atoms with Gasteiger partial charge in [-0.3, -0.25) is 9.59 Å². The quantitative estimate of drug-likeness (QED) is 0.731. The highest BCUT2D eigenvalue weighted by Gasteiger charge is 2.45. The average molecular weight is 345 g/mol. The molecule has 0 unspecified atom stereocenters. The van der Waals surface area contributed by atoms with Gasteiger partial charge in [0, 0.05) is 13.0 Å². The Kier molecular flexibility index (Phi) is 4.76. The summed E-state index contributed by atoms with van der Waals surface area (Å²) in [5.41, 5.74) is -0.00731. The fourth-order valence-electron chi connectivity index (χ4n) is 3.00. The van der Waals surface area contributed by atoms with Gasteiger partial charge in [0.05, 0.1) is 38.7 Å². The van der Waals surface area contributed by atoms with Crippen LogP contribution in [0.5, 0.6) is 0 Å². The highest BCUT2D eigenvalue weighted by Crippen LogP contribution is 2.39. The first-order valence-corrected chi connectivity index (χ1v) is 8.15. The molecule has 0 aromatic carbocycles. The fraction of sp³-hybridized carbons (Fsp3) is 0.333. The maximum absolute atomic E-state index is 12.8. The number of aliphatic hydroxyl groups excluding tert-OH is 1. The second-order valence-corrected chi connectivity index (χ2v) is 6.30. The molecule has 2 aromatic rings. The molecule has 0 spiro atoms. The van der Waals surface area contributed by atoms with Crippen LogP contribution in [0.3, 0.4) is 0 Å². The maximum Gasteiger partial charge on any atom is 0.290 e. The molecule has 1 aliphatic heterocycles. The first-order chi connectivity index (χ1) is 12.0. The molecule has 7 nitrogen and oxygen atoms in total. The van der Waals surface area contributed by atoms with E-state index < -0.39 is 23.5 Å². The number of hydrogen-bond acceptors (Lipinski definition) is 5. The van der Waals surface area contributed by atoms with Crippen LogP contribution in [0.2, 0.25) is 0 Å². The largest absolute Gasteiger partial charge is 0.503 e. The molecule has 0 fully saturated rings. The lowest BCUT2D eigenvalue weighted by atomic mass is 9.99. The molecule has 1 amide bonds. The summed E-state index contributed by atoms with van der Waals surface area (Å²) in [7, 11) is 4.05. The molecule has 132 valence electrons. The van der Waals surface area contributed by atoms with Crippen LogP contribution in [0.15, 0.2) is 57.0 Å². The fourth-order valence-corrected chi connectivity index (χ4v) is 3.00. The minimum Gasteiger partial charge on any atom is -0.503 e. The van der Waals surface area contributed by atoms with Gasteiger partial charge in [-0.15, -0.1) is 0 Å². The van der Waals surface area contributed by atoms with E-state index in [0.29, 0.717) is 12.3 Å². The van der Waals surface area contributed by atoms with E-state index in [4.69, 9.17) is 8.83 Å². The van der Waals surface area contributed by atoms with Crippen LogP contribution in [0, 0.1) is 0 Å². The zero-order valence-corrected chi connectivity index (χ0v) is 14.2. The Morgan fingerprint density at radius 1 is 1.24 bits per heavy atom. The molecule has 0 saturated carbocycles. The smallest absolute Gasteiger partial charge is 0.290 e. The number of aliphatic hydroxyl groups is 1. The number of quaternary nitrogens is 1. The summed E-state index contributed by atoms with van der Waals surface area (Å²) in [6.45, 7) is 1.27. The predicted molar refractivity (Wildman–Crippen MR) is 88.2 cm³/mol. The number of nitrogens with one attached hydrogen (secondary N) is 1. The molecular weight excluding hydrogens is 324 g/mol. The Labute approximate surface area is 145 Å². The lowest BCUT2D eigenvalue weighted by Crippen LogP contribution is -3.05. The number of furan rings is 2. The third-order valence-electron chi connectivity index (χ3n) is 4.18. The third-order valence-corrected chi connectivity index (χ3v) is 4.18. The molecule has 7 heteroatoms. The van der Waals surface area contributed by atoms with Crippen molar-refractivity contribution in [1.82, 2.24) is 4.90 Å². The van der Waals surface area contributed by atoms with Crippen molar-refractivity contribution in [3.8, 4) is 0 Å². The molecule has 0 saturated heterocycles. The second-order valence-electron chi connectivity index (χ2n) is 6.30. The molecule has 3 heterocycles. The summed E-state index contributed by atoms with van der Waals surface area (Å²) < 4.78 is 10.6. The Hall–Kier alpha value is -2.80. The molecule has 2 N–H and O–H groups in total. The van der Waals surface area contributed by atoms with Crippen LogP contribution in [0.1, 0.15) is 28.8 Å². The number of rotatable bonds is 7. The number of amides is 1. The van der Waals surface area contributed by atoms with E-state index in [1.165, 1.54) is 28.4 Å². The Balaban J connectivity index is 1.94. The van der Waals surface area contributed by atoms with Crippen LogP contribution in [-0.4, -0.2) is 48.9 Å². The van der Waals surface area contributed by atoms with Crippen LogP contribution in [0.25, 0.3) is 0 Å². The van der Waals surface area contributed by atoms with Gasteiger partial charge in [0.1, 0.15) is 11.8 Å². The van der Waals surface area contributed by atoms with Crippen LogP contribution in [0.4, 0.5) is 0 Å². The van der Waals surface area contributed by atoms with Gasteiger partial charge in [0.2, 0.25) is 5.78 Å². The van der Waals surface area contributed by atoms with Crippen LogP contribution >= 0.6 is 0 Å². The Morgan fingerprint density at radius 3 is 2.56 bits per heavy atom. The van der Waals surface area contributed by atoms with E-state index in [9.17, 15) is 14.7 Å². The molecule has 3 rings (SSSR count). The van der Waals surface area contributed by atoms with Crippen molar-refractivity contribution < 1.29 is 28.4 Å². The second kappa shape index (κ2) is 6.98. The molecule has 1 aliphatic rings. The number of nitrogens with zero attached hydrogens (tertiary/aromatic N) is 1.